The molecule has 6 heteroatoms. The second-order valence-electron chi connectivity index (χ2n) is 4.76. The Balaban J connectivity index is 2.05. The molecule has 19 heavy (non-hydrogen) atoms. The van der Waals surface area contributed by atoms with Crippen LogP contribution >= 0.6 is 0 Å². The molecular formula is C13H16N2O4. The van der Waals surface area contributed by atoms with Gasteiger partial charge >= 0.3 is 12.1 Å². The van der Waals surface area contributed by atoms with Gasteiger partial charge in [0, 0.05) is 12.4 Å². The lowest BCUT2D eigenvalue weighted by Gasteiger charge is -2.36. The van der Waals surface area contributed by atoms with E-state index in [1.54, 1.807) is 12.1 Å². The molecule has 1 aromatic rings. The summed E-state index contributed by atoms with van der Waals surface area (Å²) in [6, 6.07) is 2.59. The van der Waals surface area contributed by atoms with Gasteiger partial charge in [-0.15, -0.1) is 0 Å². The van der Waals surface area contributed by atoms with Gasteiger partial charge in [-0.05, 0) is 24.5 Å². The van der Waals surface area contributed by atoms with Gasteiger partial charge in [-0.25, -0.2) is 9.59 Å². The van der Waals surface area contributed by atoms with Gasteiger partial charge in [-0.2, -0.15) is 0 Å². The second kappa shape index (κ2) is 5.69. The van der Waals surface area contributed by atoms with E-state index >= 15 is 0 Å². The van der Waals surface area contributed by atoms with Gasteiger partial charge in [-0.3, -0.25) is 9.88 Å². The molecule has 1 amide bonds. The Morgan fingerprint density at radius 3 is 2.63 bits per heavy atom. The quantitative estimate of drug-likeness (QED) is 0.759. The molecule has 0 unspecified atom stereocenters. The molecule has 0 aromatic carbocycles. The van der Waals surface area contributed by atoms with Crippen molar-refractivity contribution < 1.29 is 19.1 Å². The molecule has 0 N–H and O–H groups in total. The van der Waals surface area contributed by atoms with E-state index in [0.29, 0.717) is 12.2 Å². The average Bonchev–Trinajstić information content (AvgIpc) is 2.37. The number of aromatic nitrogens is 1. The van der Waals surface area contributed by atoms with Gasteiger partial charge in [0.25, 0.3) is 0 Å². The minimum absolute atomic E-state index is 0.141. The first-order chi connectivity index (χ1) is 9.08. The molecule has 2 heterocycles. The zero-order valence-electron chi connectivity index (χ0n) is 10.9. The van der Waals surface area contributed by atoms with Crippen molar-refractivity contribution in [2.75, 3.05) is 6.73 Å². The monoisotopic (exact) mass is 264 g/mol. The van der Waals surface area contributed by atoms with Crippen LogP contribution in [0.4, 0.5) is 4.79 Å². The van der Waals surface area contributed by atoms with Crippen molar-refractivity contribution in [3.8, 4) is 5.75 Å². The number of carbonyl (C=O) groups excluding carboxylic acids is 2. The molecule has 1 fully saturated rings. The second-order valence-corrected chi connectivity index (χ2v) is 4.76. The van der Waals surface area contributed by atoms with Crippen LogP contribution in [0.25, 0.3) is 0 Å². The van der Waals surface area contributed by atoms with Crippen molar-refractivity contribution in [1.29, 1.82) is 0 Å². The van der Waals surface area contributed by atoms with E-state index < -0.39 is 18.1 Å². The third kappa shape index (κ3) is 3.21. The first-order valence-corrected chi connectivity index (χ1v) is 6.13. The Morgan fingerprint density at radius 2 is 2.16 bits per heavy atom. The summed E-state index contributed by atoms with van der Waals surface area (Å²) >= 11 is 0. The molecule has 0 radical (unpaired) electrons. The maximum Gasteiger partial charge on any atom is 0.414 e. The summed E-state index contributed by atoms with van der Waals surface area (Å²) < 4.78 is 9.93. The van der Waals surface area contributed by atoms with E-state index in [4.69, 9.17) is 4.74 Å². The number of ether oxygens (including phenoxy) is 2. The fraction of sp³-hybridized carbons (Fsp3) is 0.462. The molecule has 0 bridgehead atoms. The Morgan fingerprint density at radius 1 is 1.47 bits per heavy atom. The van der Waals surface area contributed by atoms with Crippen LogP contribution in [-0.4, -0.2) is 34.7 Å². The summed E-state index contributed by atoms with van der Waals surface area (Å²) in [6.45, 7) is 4.11. The third-order valence-electron chi connectivity index (χ3n) is 2.77. The van der Waals surface area contributed by atoms with Crippen molar-refractivity contribution in [3.63, 3.8) is 0 Å². The van der Waals surface area contributed by atoms with Gasteiger partial charge in [0.2, 0.25) is 0 Å². The standard InChI is InChI=1S/C13H16N2O4/c1-9(2)7-11(15-8-18-13(15)17)12(16)19-10-3-5-14-6-4-10/h3-6,9,11H,7-8H2,1-2H3/t11-/m0/s1. The van der Waals surface area contributed by atoms with Crippen LogP contribution in [0.15, 0.2) is 24.5 Å². The molecule has 6 nitrogen and oxygen atoms in total. The molecule has 102 valence electrons. The highest BCUT2D eigenvalue weighted by molar-refractivity contribution is 5.84. The molecule has 1 aliphatic rings. The molecular weight excluding hydrogens is 248 g/mol. The summed E-state index contributed by atoms with van der Waals surface area (Å²) in [5.41, 5.74) is 0. The predicted molar refractivity (Wildman–Crippen MR) is 66.3 cm³/mol. The minimum atomic E-state index is -0.602. The fourth-order valence-corrected chi connectivity index (χ4v) is 1.80. The minimum Gasteiger partial charge on any atom is -0.428 e. The van der Waals surface area contributed by atoms with Crippen LogP contribution in [0.1, 0.15) is 20.3 Å². The molecule has 0 saturated carbocycles. The average molecular weight is 264 g/mol. The highest BCUT2D eigenvalue weighted by atomic mass is 16.6. The van der Waals surface area contributed by atoms with Crippen molar-refractivity contribution >= 4 is 12.1 Å². The summed E-state index contributed by atoms with van der Waals surface area (Å²) in [5, 5.41) is 0. The normalized spacial score (nSPS) is 15.7. The molecule has 2 rings (SSSR count). The van der Waals surface area contributed by atoms with E-state index in [1.807, 2.05) is 13.8 Å². The van der Waals surface area contributed by atoms with Crippen LogP contribution in [0.3, 0.4) is 0 Å². The number of cyclic esters (lactones) is 1. The topological polar surface area (TPSA) is 68.7 Å². The van der Waals surface area contributed by atoms with E-state index in [-0.39, 0.29) is 12.6 Å². The first-order valence-electron chi connectivity index (χ1n) is 6.13. The first kappa shape index (κ1) is 13.3. The lowest BCUT2D eigenvalue weighted by atomic mass is 10.0. The zero-order chi connectivity index (χ0) is 13.8. The maximum atomic E-state index is 12.1. The Bertz CT molecular complexity index is 461. The van der Waals surface area contributed by atoms with Crippen LogP contribution in [0.2, 0.25) is 0 Å². The van der Waals surface area contributed by atoms with Crippen LogP contribution < -0.4 is 4.74 Å². The van der Waals surface area contributed by atoms with Gasteiger partial charge in [0.15, 0.2) is 6.73 Å². The Kier molecular flexibility index (Phi) is 3.99. The van der Waals surface area contributed by atoms with E-state index in [9.17, 15) is 9.59 Å². The number of hydrogen-bond acceptors (Lipinski definition) is 5. The van der Waals surface area contributed by atoms with E-state index in [0.717, 1.165) is 0 Å². The van der Waals surface area contributed by atoms with Crippen LogP contribution in [-0.2, 0) is 9.53 Å². The number of amides is 1. The molecule has 1 atom stereocenters. The molecule has 1 aromatic heterocycles. The summed E-state index contributed by atoms with van der Waals surface area (Å²) in [6.07, 6.45) is 3.15. The summed E-state index contributed by atoms with van der Waals surface area (Å²) in [7, 11) is 0. The van der Waals surface area contributed by atoms with Crippen LogP contribution in [0, 0.1) is 5.92 Å². The van der Waals surface area contributed by atoms with E-state index in [2.05, 4.69) is 9.72 Å². The molecule has 1 aliphatic heterocycles. The highest BCUT2D eigenvalue weighted by Gasteiger charge is 2.39. The van der Waals surface area contributed by atoms with Gasteiger partial charge in [-0.1, -0.05) is 13.8 Å². The number of carbonyl (C=O) groups is 2. The predicted octanol–water partition coefficient (Wildman–Crippen LogP) is 1.81. The lowest BCUT2D eigenvalue weighted by Crippen LogP contribution is -2.55. The van der Waals surface area contributed by atoms with Crippen molar-refractivity contribution in [2.45, 2.75) is 26.3 Å². The molecule has 0 aliphatic carbocycles. The summed E-state index contributed by atoms with van der Waals surface area (Å²) in [5.74, 6) is 0.239. The van der Waals surface area contributed by atoms with Crippen molar-refractivity contribution in [1.82, 2.24) is 9.88 Å². The third-order valence-corrected chi connectivity index (χ3v) is 2.77. The fourth-order valence-electron chi connectivity index (χ4n) is 1.80. The smallest absolute Gasteiger partial charge is 0.414 e. The highest BCUT2D eigenvalue weighted by Crippen LogP contribution is 2.20. The van der Waals surface area contributed by atoms with Crippen molar-refractivity contribution in [2.24, 2.45) is 5.92 Å². The number of rotatable bonds is 5. The Hall–Kier alpha value is -2.11. The lowest BCUT2D eigenvalue weighted by molar-refractivity contribution is -0.146. The van der Waals surface area contributed by atoms with Gasteiger partial charge in [0.05, 0.1) is 0 Å². The maximum absolute atomic E-state index is 12.1. The van der Waals surface area contributed by atoms with E-state index in [1.165, 1.54) is 17.3 Å². The zero-order valence-corrected chi connectivity index (χ0v) is 10.9. The number of esters is 1. The van der Waals surface area contributed by atoms with Gasteiger partial charge in [0.1, 0.15) is 11.8 Å². The Labute approximate surface area is 111 Å². The number of nitrogens with zero attached hydrogens (tertiary/aromatic N) is 2. The van der Waals surface area contributed by atoms with Crippen molar-refractivity contribution in [3.05, 3.63) is 24.5 Å². The summed E-state index contributed by atoms with van der Waals surface area (Å²) in [4.78, 5) is 28.7. The SMILES string of the molecule is CC(C)C[C@@H](C(=O)Oc1ccncc1)N1COC1=O. The number of pyridine rings is 1. The molecule has 0 spiro atoms. The number of hydrogen-bond donors (Lipinski definition) is 0. The molecule has 1 saturated heterocycles. The largest absolute Gasteiger partial charge is 0.428 e. The van der Waals surface area contributed by atoms with Gasteiger partial charge < -0.3 is 9.47 Å². The van der Waals surface area contributed by atoms with Crippen LogP contribution in [0.5, 0.6) is 5.75 Å².